The van der Waals surface area contributed by atoms with E-state index in [1.807, 2.05) is 60.7 Å². The smallest absolute Gasteiger partial charge is 0.273 e. The Balaban J connectivity index is 1.44. The van der Waals surface area contributed by atoms with Crippen molar-refractivity contribution < 1.29 is 14.4 Å². The quantitative estimate of drug-likeness (QED) is 0.704. The zero-order valence-electron chi connectivity index (χ0n) is 15.5. The Labute approximate surface area is 167 Å². The summed E-state index contributed by atoms with van der Waals surface area (Å²) in [5.41, 5.74) is 4.85. The van der Waals surface area contributed by atoms with Crippen LogP contribution in [0.25, 0.3) is 0 Å². The molecule has 3 aromatic rings. The van der Waals surface area contributed by atoms with E-state index >= 15 is 0 Å². The second kappa shape index (κ2) is 6.41. The number of amides is 3. The molecule has 2 aliphatic rings. The van der Waals surface area contributed by atoms with Crippen LogP contribution in [0.5, 0.6) is 0 Å². The molecule has 3 aromatic carbocycles. The van der Waals surface area contributed by atoms with E-state index in [-0.39, 0.29) is 11.8 Å². The van der Waals surface area contributed by atoms with E-state index in [1.54, 1.807) is 24.3 Å². The zero-order chi connectivity index (χ0) is 20.0. The molecule has 5 nitrogen and oxygen atoms in total. The van der Waals surface area contributed by atoms with Crippen molar-refractivity contribution in [3.05, 3.63) is 107 Å². The minimum Gasteiger partial charge on any atom is -0.273 e. The van der Waals surface area contributed by atoms with Crippen molar-refractivity contribution in [2.24, 2.45) is 5.92 Å². The Hall–Kier alpha value is -3.73. The molecule has 0 bridgehead atoms. The second-order valence-corrected chi connectivity index (χ2v) is 7.43. The van der Waals surface area contributed by atoms with Gasteiger partial charge in [-0.2, -0.15) is 5.01 Å². The van der Waals surface area contributed by atoms with Crippen molar-refractivity contribution in [3.8, 4) is 0 Å². The molecule has 0 saturated heterocycles. The molecular weight excluding hydrogens is 364 g/mol. The first-order valence-corrected chi connectivity index (χ1v) is 9.52. The van der Waals surface area contributed by atoms with E-state index in [4.69, 9.17) is 0 Å². The molecule has 3 amide bonds. The summed E-state index contributed by atoms with van der Waals surface area (Å²) in [7, 11) is 0. The van der Waals surface area contributed by atoms with Crippen molar-refractivity contribution in [1.82, 2.24) is 10.4 Å². The highest BCUT2D eigenvalue weighted by Gasteiger charge is 2.60. The number of carbonyl (C=O) groups is 3. The molecule has 5 rings (SSSR count). The summed E-state index contributed by atoms with van der Waals surface area (Å²) < 4.78 is 0. The fraction of sp³-hybridized carbons (Fsp3) is 0.125. The Bertz CT molecular complexity index is 1050. The topological polar surface area (TPSA) is 66.5 Å². The normalized spacial score (nSPS) is 19.0. The van der Waals surface area contributed by atoms with E-state index < -0.39 is 17.2 Å². The van der Waals surface area contributed by atoms with Gasteiger partial charge in [-0.05, 0) is 29.7 Å². The largest absolute Gasteiger partial charge is 0.280 e. The lowest BCUT2D eigenvalue weighted by molar-refractivity contribution is -0.125. The van der Waals surface area contributed by atoms with Crippen LogP contribution < -0.4 is 5.43 Å². The highest BCUT2D eigenvalue weighted by atomic mass is 16.2. The molecule has 1 fully saturated rings. The lowest BCUT2D eigenvalue weighted by atomic mass is 9.85. The van der Waals surface area contributed by atoms with Crippen LogP contribution in [-0.4, -0.2) is 22.7 Å². The van der Waals surface area contributed by atoms with Gasteiger partial charge in [0.05, 0.1) is 17.0 Å². The van der Waals surface area contributed by atoms with Crippen molar-refractivity contribution in [2.45, 2.75) is 11.8 Å². The number of benzene rings is 3. The molecule has 0 radical (unpaired) electrons. The molecule has 1 atom stereocenters. The van der Waals surface area contributed by atoms with Crippen LogP contribution in [0.1, 0.15) is 38.3 Å². The lowest BCUT2D eigenvalue weighted by Gasteiger charge is -2.20. The highest BCUT2D eigenvalue weighted by Crippen LogP contribution is 2.58. The monoisotopic (exact) mass is 382 g/mol. The minimum atomic E-state index is -0.496. The average Bonchev–Trinajstić information content (AvgIpc) is 3.50. The molecule has 1 aliphatic heterocycles. The summed E-state index contributed by atoms with van der Waals surface area (Å²) in [6.45, 7) is 0. The van der Waals surface area contributed by atoms with E-state index in [9.17, 15) is 14.4 Å². The molecule has 1 N–H and O–H groups in total. The fourth-order valence-electron chi connectivity index (χ4n) is 4.33. The van der Waals surface area contributed by atoms with Crippen molar-refractivity contribution in [2.75, 3.05) is 0 Å². The number of hydrogen-bond donors (Lipinski definition) is 1. The molecule has 142 valence electrons. The lowest BCUT2D eigenvalue weighted by Crippen LogP contribution is -2.47. The number of rotatable bonds is 4. The van der Waals surface area contributed by atoms with Gasteiger partial charge in [0, 0.05) is 5.41 Å². The number of hydrogen-bond acceptors (Lipinski definition) is 3. The standard InChI is InChI=1S/C24H18N2O3/c27-21(25-26-22(28)18-13-7-8-14-19(18)23(26)29)20-15-24(20,16-9-3-1-4-10-16)17-11-5-2-6-12-17/h1-14,20H,15H2,(H,25,27)/t20-/m1/s1. The maximum atomic E-state index is 13.1. The summed E-state index contributed by atoms with van der Waals surface area (Å²) in [4.78, 5) is 38.3. The second-order valence-electron chi connectivity index (χ2n) is 7.43. The van der Waals surface area contributed by atoms with Gasteiger partial charge in [-0.25, -0.2) is 0 Å². The molecule has 0 spiro atoms. The molecule has 5 heteroatoms. The van der Waals surface area contributed by atoms with Crippen LogP contribution in [0.2, 0.25) is 0 Å². The molecular formula is C24H18N2O3. The van der Waals surface area contributed by atoms with Gasteiger partial charge in [0.1, 0.15) is 0 Å². The number of hydrazine groups is 1. The van der Waals surface area contributed by atoms with Gasteiger partial charge >= 0.3 is 0 Å². The Kier molecular flexibility index (Phi) is 3.84. The average molecular weight is 382 g/mol. The summed E-state index contributed by atoms with van der Waals surface area (Å²) in [6, 6.07) is 26.4. The first-order chi connectivity index (χ1) is 14.1. The third kappa shape index (κ3) is 2.58. The van der Waals surface area contributed by atoms with E-state index in [0.29, 0.717) is 17.5 Å². The van der Waals surface area contributed by atoms with Crippen molar-refractivity contribution in [3.63, 3.8) is 0 Å². The van der Waals surface area contributed by atoms with Crippen LogP contribution in [0, 0.1) is 5.92 Å². The number of nitrogens with zero attached hydrogens (tertiary/aromatic N) is 1. The Morgan fingerprint density at radius 2 is 1.21 bits per heavy atom. The van der Waals surface area contributed by atoms with E-state index in [2.05, 4.69) is 5.43 Å². The summed E-state index contributed by atoms with van der Waals surface area (Å²) in [5, 5.41) is 0.839. The summed E-state index contributed by atoms with van der Waals surface area (Å²) in [6.07, 6.45) is 0.621. The van der Waals surface area contributed by atoms with Crippen molar-refractivity contribution in [1.29, 1.82) is 0 Å². The third-order valence-electron chi connectivity index (χ3n) is 5.87. The predicted octanol–water partition coefficient (Wildman–Crippen LogP) is 3.32. The maximum Gasteiger partial charge on any atom is 0.280 e. The fourth-order valence-corrected chi connectivity index (χ4v) is 4.33. The highest BCUT2D eigenvalue weighted by molar-refractivity contribution is 6.21. The Morgan fingerprint density at radius 1 is 0.759 bits per heavy atom. The van der Waals surface area contributed by atoms with Gasteiger partial charge in [-0.15, -0.1) is 0 Å². The minimum absolute atomic E-state index is 0.311. The molecule has 1 heterocycles. The summed E-state index contributed by atoms with van der Waals surface area (Å²) in [5.74, 6) is -1.68. The summed E-state index contributed by atoms with van der Waals surface area (Å²) >= 11 is 0. The van der Waals surface area contributed by atoms with Crippen LogP contribution >= 0.6 is 0 Å². The number of nitrogens with one attached hydrogen (secondary N) is 1. The van der Waals surface area contributed by atoms with Crippen molar-refractivity contribution >= 4 is 17.7 Å². The van der Waals surface area contributed by atoms with Gasteiger partial charge in [0.15, 0.2) is 0 Å². The molecule has 1 saturated carbocycles. The number of fused-ring (bicyclic) bond motifs is 1. The zero-order valence-corrected chi connectivity index (χ0v) is 15.5. The Morgan fingerprint density at radius 3 is 1.69 bits per heavy atom. The SMILES string of the molecule is O=C(NN1C(=O)c2ccccc2C1=O)[C@H]1CC1(c1ccccc1)c1ccccc1. The van der Waals surface area contributed by atoms with Gasteiger partial charge in [0.2, 0.25) is 5.91 Å². The van der Waals surface area contributed by atoms with Crippen LogP contribution in [0.3, 0.4) is 0 Å². The van der Waals surface area contributed by atoms with Gasteiger partial charge < -0.3 is 0 Å². The molecule has 0 unspecified atom stereocenters. The molecule has 1 aliphatic carbocycles. The molecule has 0 aromatic heterocycles. The third-order valence-corrected chi connectivity index (χ3v) is 5.87. The van der Waals surface area contributed by atoms with Crippen LogP contribution in [0.15, 0.2) is 84.9 Å². The van der Waals surface area contributed by atoms with Gasteiger partial charge in [-0.1, -0.05) is 72.8 Å². The maximum absolute atomic E-state index is 13.1. The number of carbonyl (C=O) groups excluding carboxylic acids is 3. The van der Waals surface area contributed by atoms with E-state index in [0.717, 1.165) is 16.1 Å². The van der Waals surface area contributed by atoms with Crippen LogP contribution in [0.4, 0.5) is 0 Å². The first kappa shape index (κ1) is 17.4. The first-order valence-electron chi connectivity index (χ1n) is 9.52. The van der Waals surface area contributed by atoms with Crippen LogP contribution in [-0.2, 0) is 10.2 Å². The predicted molar refractivity (Wildman–Crippen MR) is 107 cm³/mol. The molecule has 29 heavy (non-hydrogen) atoms. The van der Waals surface area contributed by atoms with E-state index in [1.165, 1.54) is 0 Å². The van der Waals surface area contributed by atoms with Gasteiger partial charge in [-0.3, -0.25) is 19.8 Å². The van der Waals surface area contributed by atoms with Gasteiger partial charge in [0.25, 0.3) is 11.8 Å². The number of imide groups is 1.